The minimum atomic E-state index is -4.60. The second kappa shape index (κ2) is 19.4. The Labute approximate surface area is 149 Å². The van der Waals surface area contributed by atoms with Gasteiger partial charge in [-0.05, 0) is 24.3 Å². The molecule has 0 heterocycles. The maximum absolute atomic E-state index is 11.5. The van der Waals surface area contributed by atoms with Gasteiger partial charge in [-0.3, -0.25) is 0 Å². The molecule has 0 fully saturated rings. The number of alkyl halides is 3. The zero-order chi connectivity index (χ0) is 19.4. The predicted octanol–water partition coefficient (Wildman–Crippen LogP) is 8.00. The van der Waals surface area contributed by atoms with E-state index in [2.05, 4.69) is 4.74 Å². The number of hydrogen-bond acceptors (Lipinski definition) is 1. The Hall–Kier alpha value is -1.68. The van der Waals surface area contributed by atoms with E-state index in [-0.39, 0.29) is 5.75 Å². The summed E-state index contributed by atoms with van der Waals surface area (Å²) in [5.74, 6) is -0.194. The number of para-hydroxylation sites is 1. The van der Waals surface area contributed by atoms with Gasteiger partial charge in [0.15, 0.2) is 0 Å². The lowest BCUT2D eigenvalue weighted by atomic mass is 10.3. The van der Waals surface area contributed by atoms with E-state index in [1.165, 1.54) is 24.3 Å². The highest BCUT2D eigenvalue weighted by molar-refractivity contribution is 6.30. The standard InChI is InChI=1S/C7H5F3O.C6H5Cl.3C2H6/c8-7(9,10)11-6-4-2-1-3-5-6;7-6-4-2-1-3-5-6;3*1-2/h1-5H;1-5H;3*1-2H3. The molecule has 2 rings (SSSR count). The van der Waals surface area contributed by atoms with Crippen LogP contribution >= 0.6 is 11.6 Å². The molecule has 0 spiro atoms. The first-order chi connectivity index (χ1) is 11.5. The van der Waals surface area contributed by atoms with Crippen LogP contribution in [0.15, 0.2) is 60.7 Å². The molecule has 5 heteroatoms. The summed E-state index contributed by atoms with van der Waals surface area (Å²) in [4.78, 5) is 0. The first-order valence-corrected chi connectivity index (χ1v) is 8.36. The number of hydrogen-bond donors (Lipinski definition) is 0. The summed E-state index contributed by atoms with van der Waals surface area (Å²) in [5, 5.41) is 0.794. The molecule has 0 bridgehead atoms. The van der Waals surface area contributed by atoms with Crippen molar-refractivity contribution in [2.24, 2.45) is 0 Å². The lowest BCUT2D eigenvalue weighted by molar-refractivity contribution is -0.274. The number of ether oxygens (including phenoxy) is 1. The fraction of sp³-hybridized carbons (Fsp3) is 0.368. The van der Waals surface area contributed by atoms with Crippen LogP contribution in [0.2, 0.25) is 5.02 Å². The van der Waals surface area contributed by atoms with Crippen molar-refractivity contribution in [1.82, 2.24) is 0 Å². The first-order valence-electron chi connectivity index (χ1n) is 7.99. The molecule has 0 aliphatic heterocycles. The summed E-state index contributed by atoms with van der Waals surface area (Å²) in [5.41, 5.74) is 0. The van der Waals surface area contributed by atoms with E-state index in [1.54, 1.807) is 6.07 Å². The van der Waals surface area contributed by atoms with Crippen molar-refractivity contribution in [2.75, 3.05) is 0 Å². The van der Waals surface area contributed by atoms with Crippen molar-refractivity contribution >= 4 is 11.6 Å². The van der Waals surface area contributed by atoms with Gasteiger partial charge < -0.3 is 4.74 Å². The predicted molar refractivity (Wildman–Crippen MR) is 98.6 cm³/mol. The molecular weight excluding hydrogens is 337 g/mol. The molecular formula is C19H28ClF3O. The van der Waals surface area contributed by atoms with E-state index in [9.17, 15) is 13.2 Å². The van der Waals surface area contributed by atoms with Crippen LogP contribution < -0.4 is 4.74 Å². The van der Waals surface area contributed by atoms with Crippen LogP contribution in [-0.2, 0) is 0 Å². The largest absolute Gasteiger partial charge is 0.573 e. The zero-order valence-electron chi connectivity index (χ0n) is 15.2. The van der Waals surface area contributed by atoms with Crippen LogP contribution in [0.1, 0.15) is 41.5 Å². The molecule has 1 nitrogen and oxygen atoms in total. The van der Waals surface area contributed by atoms with Crippen LogP contribution in [0.4, 0.5) is 13.2 Å². The molecule has 0 aliphatic rings. The van der Waals surface area contributed by atoms with Gasteiger partial charge in [0.25, 0.3) is 0 Å². The van der Waals surface area contributed by atoms with E-state index in [4.69, 9.17) is 11.6 Å². The Morgan fingerprint density at radius 3 is 1.25 bits per heavy atom. The molecule has 2 aromatic carbocycles. The highest BCUT2D eigenvalue weighted by atomic mass is 35.5. The van der Waals surface area contributed by atoms with E-state index < -0.39 is 6.36 Å². The smallest absolute Gasteiger partial charge is 0.406 e. The Bertz CT molecular complexity index is 445. The Balaban J connectivity index is -0.000000293. The van der Waals surface area contributed by atoms with Crippen molar-refractivity contribution in [3.05, 3.63) is 65.7 Å². The van der Waals surface area contributed by atoms with Gasteiger partial charge in [-0.15, -0.1) is 13.2 Å². The monoisotopic (exact) mass is 364 g/mol. The molecule has 0 aromatic heterocycles. The number of halogens is 4. The first kappa shape index (κ1) is 27.2. The van der Waals surface area contributed by atoms with Crippen molar-refractivity contribution in [2.45, 2.75) is 47.9 Å². The Kier molecular flexibility index (Phi) is 21.9. The molecule has 0 aliphatic carbocycles. The molecule has 0 atom stereocenters. The average molecular weight is 365 g/mol. The fourth-order valence-electron chi connectivity index (χ4n) is 1.04. The summed E-state index contributed by atoms with van der Waals surface area (Å²) in [7, 11) is 0. The molecule has 2 aromatic rings. The average Bonchev–Trinajstić information content (AvgIpc) is 2.61. The topological polar surface area (TPSA) is 9.23 Å². The van der Waals surface area contributed by atoms with Gasteiger partial charge in [0, 0.05) is 5.02 Å². The van der Waals surface area contributed by atoms with E-state index in [0.717, 1.165) is 5.02 Å². The second-order valence-corrected chi connectivity index (χ2v) is 3.59. The minimum absolute atomic E-state index is 0.194. The third kappa shape index (κ3) is 20.3. The van der Waals surface area contributed by atoms with Crippen LogP contribution in [0.3, 0.4) is 0 Å². The second-order valence-electron chi connectivity index (χ2n) is 3.16. The van der Waals surface area contributed by atoms with Gasteiger partial charge in [-0.2, -0.15) is 0 Å². The molecule has 0 saturated heterocycles. The summed E-state index contributed by atoms with van der Waals surface area (Å²) in [6.07, 6.45) is -4.60. The van der Waals surface area contributed by atoms with Crippen LogP contribution in [0.5, 0.6) is 5.75 Å². The maximum atomic E-state index is 11.5. The molecule has 0 amide bonds. The van der Waals surface area contributed by atoms with Gasteiger partial charge in [-0.1, -0.05) is 89.5 Å². The van der Waals surface area contributed by atoms with Crippen LogP contribution in [0.25, 0.3) is 0 Å². The molecule has 138 valence electrons. The highest BCUT2D eigenvalue weighted by Crippen LogP contribution is 2.21. The van der Waals surface area contributed by atoms with Gasteiger partial charge in [-0.25, -0.2) is 0 Å². The fourth-order valence-corrected chi connectivity index (χ4v) is 1.18. The van der Waals surface area contributed by atoms with Crippen molar-refractivity contribution in [3.8, 4) is 5.75 Å². The number of benzene rings is 2. The molecule has 0 N–H and O–H groups in total. The third-order valence-electron chi connectivity index (χ3n) is 1.71. The summed E-state index contributed by atoms with van der Waals surface area (Å²) < 4.78 is 38.2. The van der Waals surface area contributed by atoms with E-state index >= 15 is 0 Å². The van der Waals surface area contributed by atoms with Crippen molar-refractivity contribution < 1.29 is 17.9 Å². The zero-order valence-corrected chi connectivity index (χ0v) is 15.9. The van der Waals surface area contributed by atoms with E-state index in [0.29, 0.717) is 0 Å². The summed E-state index contributed by atoms with van der Waals surface area (Å²) >= 11 is 5.54. The van der Waals surface area contributed by atoms with Gasteiger partial charge in [0.05, 0.1) is 0 Å². The number of rotatable bonds is 1. The van der Waals surface area contributed by atoms with Crippen molar-refractivity contribution in [1.29, 1.82) is 0 Å². The Morgan fingerprint density at radius 1 is 0.667 bits per heavy atom. The lowest BCUT2D eigenvalue weighted by Gasteiger charge is -2.07. The van der Waals surface area contributed by atoms with Crippen LogP contribution in [-0.4, -0.2) is 6.36 Å². The quantitative estimate of drug-likeness (QED) is 0.498. The lowest BCUT2D eigenvalue weighted by Crippen LogP contribution is -2.16. The molecule has 0 saturated carbocycles. The van der Waals surface area contributed by atoms with E-state index in [1.807, 2.05) is 71.9 Å². The molecule has 0 unspecified atom stereocenters. The highest BCUT2D eigenvalue weighted by Gasteiger charge is 2.30. The third-order valence-corrected chi connectivity index (χ3v) is 1.96. The van der Waals surface area contributed by atoms with Gasteiger partial charge in [0.2, 0.25) is 0 Å². The van der Waals surface area contributed by atoms with Gasteiger partial charge in [0.1, 0.15) is 5.75 Å². The maximum Gasteiger partial charge on any atom is 0.573 e. The minimum Gasteiger partial charge on any atom is -0.406 e. The summed E-state index contributed by atoms with van der Waals surface area (Å²) in [6, 6.07) is 16.5. The summed E-state index contributed by atoms with van der Waals surface area (Å²) in [6.45, 7) is 12.0. The Morgan fingerprint density at radius 2 is 1.00 bits per heavy atom. The van der Waals surface area contributed by atoms with Crippen molar-refractivity contribution in [3.63, 3.8) is 0 Å². The molecule has 0 radical (unpaired) electrons. The SMILES string of the molecule is CC.CC.CC.Clc1ccccc1.FC(F)(F)Oc1ccccc1. The molecule has 24 heavy (non-hydrogen) atoms. The van der Waals surface area contributed by atoms with Crippen LogP contribution in [0, 0.1) is 0 Å². The normalized spacial score (nSPS) is 8.42. The van der Waals surface area contributed by atoms with Gasteiger partial charge >= 0.3 is 6.36 Å².